The van der Waals surface area contributed by atoms with Crippen molar-refractivity contribution in [3.8, 4) is 0 Å². The summed E-state index contributed by atoms with van der Waals surface area (Å²) < 4.78 is 11.7. The average Bonchev–Trinajstić information content (AvgIpc) is 1.50. The predicted octanol–water partition coefficient (Wildman–Crippen LogP) is 2.15. The molecule has 1 heteroatoms. The molecule has 0 atom stereocenters. The maximum Gasteiger partial charge on any atom is 0.0899 e. The van der Waals surface area contributed by atoms with E-state index in [0.29, 0.717) is 5.41 Å². The summed E-state index contributed by atoms with van der Waals surface area (Å²) in [6.07, 6.45) is 4.88. The smallest absolute Gasteiger partial charge is 0.0899 e. The van der Waals surface area contributed by atoms with E-state index in [2.05, 4.69) is 0 Å². The molecule has 0 nitrogen and oxygen atoms in total. The first-order chi connectivity index (χ1) is 3.85. The molecule has 46 valence electrons. The van der Waals surface area contributed by atoms with Gasteiger partial charge in [0.1, 0.15) is 0 Å². The van der Waals surface area contributed by atoms with Crippen LogP contribution in [-0.4, -0.2) is 6.67 Å². The van der Waals surface area contributed by atoms with Crippen LogP contribution in [0.4, 0.5) is 4.39 Å². The van der Waals surface area contributed by atoms with E-state index >= 15 is 0 Å². The van der Waals surface area contributed by atoms with Gasteiger partial charge in [0.05, 0.1) is 6.67 Å². The largest absolute Gasteiger partial charge is 0.251 e. The highest BCUT2D eigenvalue weighted by molar-refractivity contribution is 5.06. The van der Waals surface area contributed by atoms with E-state index in [1.54, 1.807) is 0 Å². The van der Waals surface area contributed by atoms with Crippen molar-refractivity contribution in [3.63, 3.8) is 0 Å². The van der Waals surface area contributed by atoms with Crippen molar-refractivity contribution in [2.45, 2.75) is 25.7 Å². The number of alkyl halides is 1. The second kappa shape index (κ2) is 1.26. The third-order valence-electron chi connectivity index (χ3n) is 2.79. The Morgan fingerprint density at radius 3 is 2.12 bits per heavy atom. The summed E-state index contributed by atoms with van der Waals surface area (Å²) in [5, 5.41) is 0. The molecule has 3 saturated carbocycles. The fraction of sp³-hybridized carbons (Fsp3) is 1.00. The molecule has 0 aliphatic heterocycles. The summed E-state index contributed by atoms with van der Waals surface area (Å²) in [5.41, 5.74) is 0.541. The van der Waals surface area contributed by atoms with Crippen molar-refractivity contribution in [3.05, 3.63) is 0 Å². The van der Waals surface area contributed by atoms with Gasteiger partial charge in [-0.25, -0.2) is 0 Å². The first kappa shape index (κ1) is 4.78. The van der Waals surface area contributed by atoms with Gasteiger partial charge in [0.25, 0.3) is 0 Å². The van der Waals surface area contributed by atoms with Crippen LogP contribution in [0.5, 0.6) is 0 Å². The molecule has 0 saturated heterocycles. The van der Waals surface area contributed by atoms with Crippen molar-refractivity contribution in [2.24, 2.45) is 11.3 Å². The van der Waals surface area contributed by atoms with Crippen molar-refractivity contribution in [2.75, 3.05) is 6.67 Å². The summed E-state index contributed by atoms with van der Waals surface area (Å²) in [6, 6.07) is 0. The molecule has 0 aromatic heterocycles. The van der Waals surface area contributed by atoms with Crippen LogP contribution in [-0.2, 0) is 0 Å². The predicted molar refractivity (Wildman–Crippen MR) is 30.4 cm³/mol. The Hall–Kier alpha value is -0.0700. The van der Waals surface area contributed by atoms with Crippen LogP contribution >= 0.6 is 0 Å². The Bertz CT molecular complexity index is 91.9. The third kappa shape index (κ3) is 0.402. The van der Waals surface area contributed by atoms with Gasteiger partial charge in [0.2, 0.25) is 0 Å². The Balaban J connectivity index is 1.87. The molecule has 8 heavy (non-hydrogen) atoms. The monoisotopic (exact) mass is 114 g/mol. The minimum atomic E-state index is -0.0906. The Morgan fingerprint density at radius 2 is 2.00 bits per heavy atom. The molecule has 0 N–H and O–H groups in total. The highest BCUT2D eigenvalue weighted by Crippen LogP contribution is 2.66. The molecule has 2 bridgehead atoms. The van der Waals surface area contributed by atoms with E-state index in [1.807, 2.05) is 0 Å². The SMILES string of the molecule is FCCC12CC(C1)C2. The molecule has 3 aliphatic carbocycles. The van der Waals surface area contributed by atoms with Crippen molar-refractivity contribution in [1.29, 1.82) is 0 Å². The quantitative estimate of drug-likeness (QED) is 0.516. The summed E-state index contributed by atoms with van der Waals surface area (Å²) in [5.74, 6) is 1.02. The standard InChI is InChI=1S/C7H11F/c8-2-1-7-3-6(4-7)5-7/h6H,1-5H2. The molecule has 0 aromatic rings. The van der Waals surface area contributed by atoms with Gasteiger partial charge in [-0.15, -0.1) is 0 Å². The van der Waals surface area contributed by atoms with Gasteiger partial charge in [-0.3, -0.25) is 4.39 Å². The van der Waals surface area contributed by atoms with E-state index in [-0.39, 0.29) is 6.67 Å². The maximum atomic E-state index is 11.7. The van der Waals surface area contributed by atoms with Crippen molar-refractivity contribution in [1.82, 2.24) is 0 Å². The van der Waals surface area contributed by atoms with Crippen LogP contribution < -0.4 is 0 Å². The Labute approximate surface area is 49.1 Å². The fourth-order valence-corrected chi connectivity index (χ4v) is 2.16. The van der Waals surface area contributed by atoms with Crippen LogP contribution in [0.1, 0.15) is 25.7 Å². The number of halogens is 1. The first-order valence-electron chi connectivity index (χ1n) is 3.41. The zero-order chi connectivity index (χ0) is 5.61. The molecule has 0 unspecified atom stereocenters. The lowest BCUT2D eigenvalue weighted by Crippen LogP contribution is -2.51. The number of hydrogen-bond donors (Lipinski definition) is 0. The molecule has 3 fully saturated rings. The van der Waals surface area contributed by atoms with Crippen molar-refractivity contribution >= 4 is 0 Å². The van der Waals surface area contributed by atoms with E-state index in [4.69, 9.17) is 0 Å². The van der Waals surface area contributed by atoms with Gasteiger partial charge in [-0.2, -0.15) is 0 Å². The summed E-state index contributed by atoms with van der Waals surface area (Å²) in [6.45, 7) is -0.0906. The lowest BCUT2D eigenvalue weighted by molar-refractivity contribution is -0.114. The highest BCUT2D eigenvalue weighted by Gasteiger charge is 2.55. The molecular weight excluding hydrogens is 103 g/mol. The molecule has 0 heterocycles. The van der Waals surface area contributed by atoms with Gasteiger partial charge in [-0.05, 0) is 37.0 Å². The normalized spacial score (nSPS) is 49.9. The van der Waals surface area contributed by atoms with Crippen LogP contribution in [0.3, 0.4) is 0 Å². The van der Waals surface area contributed by atoms with Crippen LogP contribution in [0.15, 0.2) is 0 Å². The Kier molecular flexibility index (Phi) is 0.750. The summed E-state index contributed by atoms with van der Waals surface area (Å²) in [4.78, 5) is 0. The third-order valence-corrected chi connectivity index (χ3v) is 2.79. The lowest BCUT2D eigenvalue weighted by Gasteiger charge is -2.62. The topological polar surface area (TPSA) is 0 Å². The van der Waals surface area contributed by atoms with Crippen molar-refractivity contribution < 1.29 is 4.39 Å². The minimum absolute atomic E-state index is 0.0906. The van der Waals surface area contributed by atoms with E-state index in [0.717, 1.165) is 12.3 Å². The molecule has 0 radical (unpaired) electrons. The van der Waals surface area contributed by atoms with Crippen LogP contribution in [0.25, 0.3) is 0 Å². The van der Waals surface area contributed by atoms with Gasteiger partial charge < -0.3 is 0 Å². The maximum absolute atomic E-state index is 11.7. The van der Waals surface area contributed by atoms with Crippen LogP contribution in [0.2, 0.25) is 0 Å². The van der Waals surface area contributed by atoms with E-state index < -0.39 is 0 Å². The minimum Gasteiger partial charge on any atom is -0.251 e. The van der Waals surface area contributed by atoms with Gasteiger partial charge >= 0.3 is 0 Å². The van der Waals surface area contributed by atoms with Crippen LogP contribution in [0, 0.1) is 11.3 Å². The van der Waals surface area contributed by atoms with E-state index in [9.17, 15) is 4.39 Å². The second-order valence-corrected chi connectivity index (χ2v) is 3.42. The summed E-state index contributed by atoms with van der Waals surface area (Å²) >= 11 is 0. The number of hydrogen-bond acceptors (Lipinski definition) is 0. The van der Waals surface area contributed by atoms with Gasteiger partial charge in [-0.1, -0.05) is 0 Å². The molecule has 3 aliphatic rings. The number of rotatable bonds is 2. The molecule has 0 aromatic carbocycles. The zero-order valence-corrected chi connectivity index (χ0v) is 4.99. The van der Waals surface area contributed by atoms with Gasteiger partial charge in [0.15, 0.2) is 0 Å². The molecule has 0 spiro atoms. The Morgan fingerprint density at radius 1 is 1.38 bits per heavy atom. The first-order valence-corrected chi connectivity index (χ1v) is 3.41. The molecule has 3 rings (SSSR count). The van der Waals surface area contributed by atoms with E-state index in [1.165, 1.54) is 19.3 Å². The van der Waals surface area contributed by atoms with Gasteiger partial charge in [0, 0.05) is 0 Å². The lowest BCUT2D eigenvalue weighted by atomic mass is 9.43. The zero-order valence-electron chi connectivity index (χ0n) is 4.99. The summed E-state index contributed by atoms with van der Waals surface area (Å²) in [7, 11) is 0. The average molecular weight is 114 g/mol. The fourth-order valence-electron chi connectivity index (χ4n) is 2.16. The highest BCUT2D eigenvalue weighted by atomic mass is 19.1. The molecular formula is C7H11F. The second-order valence-electron chi connectivity index (χ2n) is 3.42. The molecule has 0 amide bonds.